The van der Waals surface area contributed by atoms with Crippen LogP contribution in [0.25, 0.3) is 0 Å². The number of hydrogen-bond acceptors (Lipinski definition) is 6. The maximum absolute atomic E-state index is 9.67. The molecular formula is C19H29N5O. The van der Waals surface area contributed by atoms with Crippen molar-refractivity contribution in [3.05, 3.63) is 40.7 Å². The minimum Gasteiger partial charge on any atom is -0.395 e. The highest BCUT2D eigenvalue weighted by Crippen LogP contribution is 2.32. The Hall–Kier alpha value is -2.21. The highest BCUT2D eigenvalue weighted by Gasteiger charge is 2.24. The zero-order valence-electron chi connectivity index (χ0n) is 15.8. The molecule has 1 aromatic carbocycles. The average Bonchev–Trinajstić information content (AvgIpc) is 2.51. The normalized spacial score (nSPS) is 12.4. The summed E-state index contributed by atoms with van der Waals surface area (Å²) < 4.78 is 0. The predicted octanol–water partition coefficient (Wildman–Crippen LogP) is 2.39. The molecule has 0 aliphatic heterocycles. The summed E-state index contributed by atoms with van der Waals surface area (Å²) >= 11 is 0. The summed E-state index contributed by atoms with van der Waals surface area (Å²) in [5.74, 6) is 0.904. The lowest BCUT2D eigenvalue weighted by Gasteiger charge is -2.28. The number of aliphatic hydroxyl groups is 1. The molecule has 6 heteroatoms. The van der Waals surface area contributed by atoms with Gasteiger partial charge in [-0.1, -0.05) is 52.8 Å². The van der Waals surface area contributed by atoms with Crippen LogP contribution in [-0.4, -0.2) is 26.7 Å². The number of anilines is 2. The summed E-state index contributed by atoms with van der Waals surface area (Å²) in [6.07, 6.45) is 1.43. The molecule has 0 aliphatic carbocycles. The quantitative estimate of drug-likeness (QED) is 0.768. The fraction of sp³-hybridized carbons (Fsp3) is 0.526. The number of hydrogen-bond donors (Lipinski definition) is 3. The van der Waals surface area contributed by atoms with E-state index in [2.05, 4.69) is 53.9 Å². The third kappa shape index (κ3) is 4.66. The van der Waals surface area contributed by atoms with Gasteiger partial charge in [0.1, 0.15) is 5.82 Å². The first-order valence-electron chi connectivity index (χ1n) is 8.53. The third-order valence-corrected chi connectivity index (χ3v) is 4.43. The molecule has 5 N–H and O–H groups in total. The van der Waals surface area contributed by atoms with E-state index in [9.17, 15) is 5.11 Å². The van der Waals surface area contributed by atoms with E-state index in [1.807, 2.05) is 13.8 Å². The summed E-state index contributed by atoms with van der Waals surface area (Å²) in [5.41, 5.74) is 14.7. The van der Waals surface area contributed by atoms with Gasteiger partial charge in [-0.2, -0.15) is 15.0 Å². The number of benzene rings is 1. The van der Waals surface area contributed by atoms with Gasteiger partial charge in [-0.15, -0.1) is 0 Å². The summed E-state index contributed by atoms with van der Waals surface area (Å²) in [7, 11) is 0. The Kier molecular flexibility index (Phi) is 5.32. The molecule has 1 heterocycles. The van der Waals surface area contributed by atoms with Crippen LogP contribution in [0.3, 0.4) is 0 Å². The van der Waals surface area contributed by atoms with E-state index in [0.29, 0.717) is 12.2 Å². The number of rotatable bonds is 5. The van der Waals surface area contributed by atoms with Crippen molar-refractivity contribution in [1.82, 2.24) is 15.0 Å². The molecule has 0 aliphatic rings. The number of nitrogens with zero attached hydrogens (tertiary/aromatic N) is 3. The van der Waals surface area contributed by atoms with E-state index in [0.717, 1.165) is 12.0 Å². The van der Waals surface area contributed by atoms with Crippen LogP contribution in [0.4, 0.5) is 11.9 Å². The van der Waals surface area contributed by atoms with Crippen LogP contribution in [0.2, 0.25) is 0 Å². The molecule has 2 rings (SSSR count). The van der Waals surface area contributed by atoms with Gasteiger partial charge in [0.05, 0.1) is 6.61 Å². The van der Waals surface area contributed by atoms with E-state index < -0.39 is 0 Å². The van der Waals surface area contributed by atoms with Crippen molar-refractivity contribution in [3.63, 3.8) is 0 Å². The van der Waals surface area contributed by atoms with Gasteiger partial charge in [0, 0.05) is 11.8 Å². The molecular weight excluding hydrogens is 314 g/mol. The van der Waals surface area contributed by atoms with Crippen molar-refractivity contribution in [1.29, 1.82) is 0 Å². The molecule has 2 aromatic rings. The molecule has 1 aromatic heterocycles. The molecule has 136 valence electrons. The van der Waals surface area contributed by atoms with Crippen LogP contribution in [-0.2, 0) is 23.7 Å². The molecule has 0 fully saturated rings. The molecule has 0 spiro atoms. The Morgan fingerprint density at radius 3 is 2.04 bits per heavy atom. The van der Waals surface area contributed by atoms with Gasteiger partial charge in [0.25, 0.3) is 0 Å². The zero-order valence-corrected chi connectivity index (χ0v) is 15.8. The zero-order chi connectivity index (χ0) is 18.8. The molecule has 25 heavy (non-hydrogen) atoms. The van der Waals surface area contributed by atoms with Crippen molar-refractivity contribution in [3.8, 4) is 0 Å². The maximum Gasteiger partial charge on any atom is 0.225 e. The minimum absolute atomic E-state index is 0.00592. The lowest BCUT2D eigenvalue weighted by molar-refractivity contribution is 0.218. The summed E-state index contributed by atoms with van der Waals surface area (Å²) in [4.78, 5) is 12.1. The molecule has 0 saturated heterocycles. The molecule has 0 amide bonds. The minimum atomic E-state index is -0.268. The summed E-state index contributed by atoms with van der Waals surface area (Å²) in [6.45, 7) is 10.8. The summed E-state index contributed by atoms with van der Waals surface area (Å²) in [6, 6.07) is 6.44. The van der Waals surface area contributed by atoms with E-state index >= 15 is 0 Å². The van der Waals surface area contributed by atoms with Crippen LogP contribution >= 0.6 is 0 Å². The molecule has 0 atom stereocenters. The molecule has 6 nitrogen and oxygen atoms in total. The Balaban J connectivity index is 2.33. The lowest BCUT2D eigenvalue weighted by Crippen LogP contribution is -2.24. The van der Waals surface area contributed by atoms with Crippen molar-refractivity contribution in [2.75, 3.05) is 18.1 Å². The van der Waals surface area contributed by atoms with Gasteiger partial charge >= 0.3 is 0 Å². The van der Waals surface area contributed by atoms with E-state index in [4.69, 9.17) is 11.5 Å². The van der Waals surface area contributed by atoms with E-state index in [1.54, 1.807) is 0 Å². The summed E-state index contributed by atoms with van der Waals surface area (Å²) in [5, 5.41) is 9.67. The van der Waals surface area contributed by atoms with Gasteiger partial charge in [0.15, 0.2) is 0 Å². The van der Waals surface area contributed by atoms with Crippen LogP contribution in [0, 0.1) is 0 Å². The fourth-order valence-electron chi connectivity index (χ4n) is 2.82. The second-order valence-corrected chi connectivity index (χ2v) is 8.13. The molecule has 0 saturated carbocycles. The van der Waals surface area contributed by atoms with Gasteiger partial charge in [-0.3, -0.25) is 0 Å². The topological polar surface area (TPSA) is 111 Å². The first-order valence-corrected chi connectivity index (χ1v) is 8.53. The van der Waals surface area contributed by atoms with Gasteiger partial charge < -0.3 is 16.6 Å². The number of nitrogen functional groups attached to an aromatic ring is 2. The second-order valence-electron chi connectivity index (χ2n) is 8.13. The molecule has 0 bridgehead atoms. The van der Waals surface area contributed by atoms with Crippen molar-refractivity contribution < 1.29 is 5.11 Å². The van der Waals surface area contributed by atoms with Crippen LogP contribution in [0.5, 0.6) is 0 Å². The van der Waals surface area contributed by atoms with Crippen LogP contribution < -0.4 is 11.5 Å². The highest BCUT2D eigenvalue weighted by molar-refractivity contribution is 5.40. The fourth-order valence-corrected chi connectivity index (χ4v) is 2.82. The SMILES string of the molecule is CC(C)(C)c1cc(C(C)(C)CO)ccc1CCc1nc(N)nc(N)n1. The monoisotopic (exact) mass is 343 g/mol. The van der Waals surface area contributed by atoms with Gasteiger partial charge in [0.2, 0.25) is 11.9 Å². The van der Waals surface area contributed by atoms with Gasteiger partial charge in [-0.05, 0) is 28.5 Å². The Morgan fingerprint density at radius 1 is 0.920 bits per heavy atom. The van der Waals surface area contributed by atoms with Crippen LogP contribution in [0.1, 0.15) is 57.1 Å². The Bertz CT molecular complexity index is 730. The predicted molar refractivity (Wildman–Crippen MR) is 101 cm³/mol. The second kappa shape index (κ2) is 6.96. The van der Waals surface area contributed by atoms with E-state index in [-0.39, 0.29) is 29.3 Å². The number of aryl methyl sites for hydroxylation is 2. The molecule has 0 unspecified atom stereocenters. The number of nitrogens with two attached hydrogens (primary N) is 2. The maximum atomic E-state index is 9.67. The van der Waals surface area contributed by atoms with Crippen molar-refractivity contribution >= 4 is 11.9 Å². The van der Waals surface area contributed by atoms with Crippen molar-refractivity contribution in [2.24, 2.45) is 0 Å². The third-order valence-electron chi connectivity index (χ3n) is 4.43. The highest BCUT2D eigenvalue weighted by atomic mass is 16.3. The molecule has 0 radical (unpaired) electrons. The first kappa shape index (κ1) is 19.1. The van der Waals surface area contributed by atoms with Crippen molar-refractivity contribution in [2.45, 2.75) is 58.3 Å². The van der Waals surface area contributed by atoms with E-state index in [1.165, 1.54) is 11.1 Å². The standard InChI is InChI=1S/C19H29N5O/c1-18(2,3)14-10-13(19(4,5)11-25)8-6-12(14)7-9-15-22-16(20)24-17(21)23-15/h6,8,10,25H,7,9,11H2,1-5H3,(H4,20,21,22,23,24). The van der Waals surface area contributed by atoms with Gasteiger partial charge in [-0.25, -0.2) is 0 Å². The smallest absolute Gasteiger partial charge is 0.225 e. The Morgan fingerprint density at radius 2 is 1.52 bits per heavy atom. The lowest BCUT2D eigenvalue weighted by atomic mass is 9.77. The van der Waals surface area contributed by atoms with Crippen LogP contribution in [0.15, 0.2) is 18.2 Å². The average molecular weight is 343 g/mol. The Labute approximate surface area is 149 Å². The number of aromatic nitrogens is 3. The number of aliphatic hydroxyl groups excluding tert-OH is 1. The largest absolute Gasteiger partial charge is 0.395 e. The first-order chi connectivity index (χ1) is 11.5.